The molecule has 1 nitrogen and oxygen atoms in total. The van der Waals surface area contributed by atoms with Crippen LogP contribution in [0, 0.1) is 0 Å². The maximum atomic E-state index is 5.93. The van der Waals surface area contributed by atoms with Crippen LogP contribution in [0.3, 0.4) is 0 Å². The minimum atomic E-state index is 0.436. The molecule has 0 saturated heterocycles. The predicted octanol–water partition coefficient (Wildman–Crippen LogP) is 4.99. The Balaban J connectivity index is 2.64. The quantitative estimate of drug-likeness (QED) is 0.538. The third-order valence-electron chi connectivity index (χ3n) is 1.76. The van der Waals surface area contributed by atoms with Gasteiger partial charge in [-0.25, -0.2) is 0 Å². The van der Waals surface area contributed by atoms with Gasteiger partial charge in [0.05, 0.1) is 16.7 Å². The number of unbranched alkanes of at least 4 members (excludes halogenated alkanes) is 1. The summed E-state index contributed by atoms with van der Waals surface area (Å²) < 4.78 is 5.45. The molecule has 0 N–H and O–H groups in total. The Hall–Kier alpha value is -0.370. The largest absolute Gasteiger partial charge is 0.490 e. The molecule has 15 heavy (non-hydrogen) atoms. The van der Waals surface area contributed by atoms with Gasteiger partial charge in [0, 0.05) is 5.02 Å². The van der Waals surface area contributed by atoms with E-state index in [1.807, 2.05) is 6.08 Å². The zero-order chi connectivity index (χ0) is 11.3. The highest BCUT2D eigenvalue weighted by Gasteiger charge is 2.08. The van der Waals surface area contributed by atoms with Crippen LogP contribution in [0.2, 0.25) is 15.1 Å². The van der Waals surface area contributed by atoms with Gasteiger partial charge < -0.3 is 4.74 Å². The van der Waals surface area contributed by atoms with E-state index in [9.17, 15) is 0 Å². The molecule has 0 aliphatic heterocycles. The molecule has 0 radical (unpaired) electrons. The monoisotopic (exact) mass is 264 g/mol. The Morgan fingerprint density at radius 3 is 2.33 bits per heavy atom. The summed E-state index contributed by atoms with van der Waals surface area (Å²) in [6.07, 6.45) is 3.63. The van der Waals surface area contributed by atoms with Gasteiger partial charge in [0.1, 0.15) is 0 Å². The maximum absolute atomic E-state index is 5.93. The lowest BCUT2D eigenvalue weighted by Gasteiger charge is -2.09. The molecule has 0 amide bonds. The Labute approximate surface area is 105 Å². The van der Waals surface area contributed by atoms with Crippen LogP contribution in [0.5, 0.6) is 5.75 Å². The zero-order valence-corrected chi connectivity index (χ0v) is 10.4. The summed E-state index contributed by atoms with van der Waals surface area (Å²) in [6, 6.07) is 3.22. The van der Waals surface area contributed by atoms with Gasteiger partial charge in [0.15, 0.2) is 5.75 Å². The highest BCUT2D eigenvalue weighted by Crippen LogP contribution is 2.35. The number of benzene rings is 1. The second kappa shape index (κ2) is 6.26. The van der Waals surface area contributed by atoms with Crippen molar-refractivity contribution in [2.24, 2.45) is 0 Å². The molecule has 0 saturated carbocycles. The molecule has 0 bridgehead atoms. The minimum Gasteiger partial charge on any atom is -0.490 e. The van der Waals surface area contributed by atoms with Crippen LogP contribution in [-0.4, -0.2) is 6.61 Å². The number of ether oxygens (including phenoxy) is 1. The number of halogens is 3. The predicted molar refractivity (Wildman–Crippen MR) is 66.4 cm³/mol. The number of hydrogen-bond donors (Lipinski definition) is 0. The first-order valence-corrected chi connectivity index (χ1v) is 5.66. The normalized spacial score (nSPS) is 10.1. The van der Waals surface area contributed by atoms with Crippen molar-refractivity contribution < 1.29 is 4.74 Å². The van der Waals surface area contributed by atoms with Crippen LogP contribution < -0.4 is 4.74 Å². The van der Waals surface area contributed by atoms with Crippen LogP contribution in [0.4, 0.5) is 0 Å². The lowest BCUT2D eigenvalue weighted by atomic mass is 10.3. The molecular weight excluding hydrogens is 254 g/mol. The summed E-state index contributed by atoms with van der Waals surface area (Å²) >= 11 is 17.6. The molecule has 0 atom stereocenters. The summed E-state index contributed by atoms with van der Waals surface area (Å²) in [4.78, 5) is 0. The van der Waals surface area contributed by atoms with Crippen LogP contribution in [-0.2, 0) is 0 Å². The molecule has 1 aromatic rings. The third-order valence-corrected chi connectivity index (χ3v) is 2.54. The van der Waals surface area contributed by atoms with Crippen LogP contribution in [0.1, 0.15) is 12.8 Å². The van der Waals surface area contributed by atoms with Crippen molar-refractivity contribution in [2.45, 2.75) is 12.8 Å². The third kappa shape index (κ3) is 3.94. The summed E-state index contributed by atoms with van der Waals surface area (Å²) in [6.45, 7) is 4.19. The van der Waals surface area contributed by atoms with Crippen molar-refractivity contribution in [2.75, 3.05) is 6.61 Å². The molecule has 1 rings (SSSR count). The van der Waals surface area contributed by atoms with Crippen LogP contribution in [0.25, 0.3) is 0 Å². The fraction of sp³-hybridized carbons (Fsp3) is 0.273. The van der Waals surface area contributed by atoms with Crippen LogP contribution in [0.15, 0.2) is 24.8 Å². The van der Waals surface area contributed by atoms with E-state index in [1.165, 1.54) is 0 Å². The molecule has 0 heterocycles. The lowest BCUT2D eigenvalue weighted by molar-refractivity contribution is 0.312. The maximum Gasteiger partial charge on any atom is 0.156 e. The van der Waals surface area contributed by atoms with Gasteiger partial charge >= 0.3 is 0 Å². The van der Waals surface area contributed by atoms with Crippen molar-refractivity contribution in [1.82, 2.24) is 0 Å². The molecular formula is C11H11Cl3O. The van der Waals surface area contributed by atoms with E-state index in [0.717, 1.165) is 12.8 Å². The van der Waals surface area contributed by atoms with Crippen molar-refractivity contribution in [3.05, 3.63) is 39.9 Å². The average molecular weight is 266 g/mol. The summed E-state index contributed by atoms with van der Waals surface area (Å²) in [5.74, 6) is 0.492. The molecule has 0 aliphatic rings. The molecule has 82 valence electrons. The summed E-state index contributed by atoms with van der Waals surface area (Å²) in [5, 5.41) is 1.38. The van der Waals surface area contributed by atoms with Gasteiger partial charge in [-0.15, -0.1) is 6.58 Å². The molecule has 0 aliphatic carbocycles. The second-order valence-electron chi connectivity index (χ2n) is 2.98. The Morgan fingerprint density at radius 1 is 1.20 bits per heavy atom. The van der Waals surface area contributed by atoms with E-state index in [1.54, 1.807) is 12.1 Å². The molecule has 0 spiro atoms. The fourth-order valence-corrected chi connectivity index (χ4v) is 1.99. The minimum absolute atomic E-state index is 0.436. The summed E-state index contributed by atoms with van der Waals surface area (Å²) in [5.41, 5.74) is 0. The van der Waals surface area contributed by atoms with Gasteiger partial charge in [0.2, 0.25) is 0 Å². The van der Waals surface area contributed by atoms with Gasteiger partial charge in [-0.05, 0) is 25.0 Å². The van der Waals surface area contributed by atoms with Crippen molar-refractivity contribution in [3.8, 4) is 5.75 Å². The molecule has 4 heteroatoms. The van der Waals surface area contributed by atoms with Crippen molar-refractivity contribution in [1.29, 1.82) is 0 Å². The topological polar surface area (TPSA) is 9.23 Å². The number of rotatable bonds is 5. The smallest absolute Gasteiger partial charge is 0.156 e. The van der Waals surface area contributed by atoms with E-state index < -0.39 is 0 Å². The molecule has 0 aromatic heterocycles. The molecule has 1 aromatic carbocycles. The summed E-state index contributed by atoms with van der Waals surface area (Å²) in [7, 11) is 0. The Bertz CT molecular complexity index is 327. The van der Waals surface area contributed by atoms with E-state index in [0.29, 0.717) is 27.4 Å². The first-order chi connectivity index (χ1) is 7.15. The molecule has 0 unspecified atom stereocenters. The van der Waals surface area contributed by atoms with Crippen molar-refractivity contribution in [3.63, 3.8) is 0 Å². The first-order valence-electron chi connectivity index (χ1n) is 4.53. The standard InChI is InChI=1S/C11H11Cl3O/c1-2-3-4-5-15-11-9(13)6-8(12)7-10(11)14/h2,6-7H,1,3-5H2. The lowest BCUT2D eigenvalue weighted by Crippen LogP contribution is -1.97. The van der Waals surface area contributed by atoms with Gasteiger partial charge in [-0.1, -0.05) is 40.9 Å². The van der Waals surface area contributed by atoms with E-state index >= 15 is 0 Å². The average Bonchev–Trinajstić information content (AvgIpc) is 2.15. The van der Waals surface area contributed by atoms with Crippen molar-refractivity contribution >= 4 is 34.8 Å². The van der Waals surface area contributed by atoms with Gasteiger partial charge in [0.25, 0.3) is 0 Å². The zero-order valence-electron chi connectivity index (χ0n) is 8.10. The SMILES string of the molecule is C=CCCCOc1c(Cl)cc(Cl)cc1Cl. The molecule has 0 fully saturated rings. The van der Waals surface area contributed by atoms with Gasteiger partial charge in [-0.2, -0.15) is 0 Å². The Kier molecular flexibility index (Phi) is 5.30. The van der Waals surface area contributed by atoms with Gasteiger partial charge in [-0.3, -0.25) is 0 Å². The fourth-order valence-electron chi connectivity index (χ4n) is 1.07. The second-order valence-corrected chi connectivity index (χ2v) is 4.23. The number of hydrogen-bond acceptors (Lipinski definition) is 1. The number of allylic oxidation sites excluding steroid dienone is 1. The highest BCUT2D eigenvalue weighted by molar-refractivity contribution is 6.40. The highest BCUT2D eigenvalue weighted by atomic mass is 35.5. The first kappa shape index (κ1) is 12.7. The van der Waals surface area contributed by atoms with E-state index in [4.69, 9.17) is 39.5 Å². The Morgan fingerprint density at radius 2 is 1.80 bits per heavy atom. The van der Waals surface area contributed by atoms with E-state index in [2.05, 4.69) is 6.58 Å². The van der Waals surface area contributed by atoms with Crippen LogP contribution >= 0.6 is 34.8 Å². The van der Waals surface area contributed by atoms with E-state index in [-0.39, 0.29) is 0 Å².